The van der Waals surface area contributed by atoms with Crippen molar-refractivity contribution in [3.05, 3.63) is 72.3 Å². The number of esters is 2. The van der Waals surface area contributed by atoms with E-state index in [0.29, 0.717) is 11.1 Å². The van der Waals surface area contributed by atoms with E-state index >= 15 is 0 Å². The average molecular weight is 455 g/mol. The van der Waals surface area contributed by atoms with Crippen molar-refractivity contribution in [2.45, 2.75) is 23.6 Å². The zero-order valence-electron chi connectivity index (χ0n) is 17.5. The molecule has 0 bridgehead atoms. The van der Waals surface area contributed by atoms with E-state index in [4.69, 9.17) is 9.47 Å². The topological polar surface area (TPSA) is 108 Å². The fraction of sp³-hybridized carbons (Fsp3) is 0.174. The first kappa shape index (κ1) is 24.5. The Hall–Kier alpha value is -3.72. The molecule has 0 N–H and O–H groups in total. The zero-order valence-corrected chi connectivity index (χ0v) is 18.3. The van der Waals surface area contributed by atoms with E-state index in [-0.39, 0.29) is 24.7 Å². The third-order valence-corrected chi connectivity index (χ3v) is 4.83. The van der Waals surface area contributed by atoms with E-state index in [1.165, 1.54) is 25.6 Å². The predicted molar refractivity (Wildman–Crippen MR) is 118 cm³/mol. The van der Waals surface area contributed by atoms with Gasteiger partial charge in [0.2, 0.25) is 5.78 Å². The van der Waals surface area contributed by atoms with Gasteiger partial charge in [0.15, 0.2) is 0 Å². The SMILES string of the molecule is C=CC(=O)OCCOC(=O)c1ccc(Sc2ccc(C(=O)/C(C)=N/OC(C)=O)cc2)cc1. The van der Waals surface area contributed by atoms with Crippen molar-refractivity contribution in [2.24, 2.45) is 5.16 Å². The zero-order chi connectivity index (χ0) is 23.5. The van der Waals surface area contributed by atoms with Crippen LogP contribution in [0.3, 0.4) is 0 Å². The smallest absolute Gasteiger partial charge is 0.338 e. The van der Waals surface area contributed by atoms with Crippen LogP contribution in [0.1, 0.15) is 34.6 Å². The van der Waals surface area contributed by atoms with Crippen LogP contribution in [0.25, 0.3) is 0 Å². The van der Waals surface area contributed by atoms with Crippen molar-refractivity contribution in [3.63, 3.8) is 0 Å². The highest BCUT2D eigenvalue weighted by atomic mass is 32.2. The lowest BCUT2D eigenvalue weighted by Gasteiger charge is -2.07. The Labute approximate surface area is 189 Å². The maximum absolute atomic E-state index is 12.3. The van der Waals surface area contributed by atoms with Crippen LogP contribution in [-0.2, 0) is 23.9 Å². The van der Waals surface area contributed by atoms with E-state index in [1.54, 1.807) is 48.5 Å². The summed E-state index contributed by atoms with van der Waals surface area (Å²) in [4.78, 5) is 52.2. The maximum Gasteiger partial charge on any atom is 0.338 e. The second-order valence-electron chi connectivity index (χ2n) is 6.25. The molecule has 32 heavy (non-hydrogen) atoms. The van der Waals surface area contributed by atoms with Crippen LogP contribution in [0.5, 0.6) is 0 Å². The number of carbonyl (C=O) groups excluding carboxylic acids is 4. The Morgan fingerprint density at radius 1 is 0.875 bits per heavy atom. The van der Waals surface area contributed by atoms with Gasteiger partial charge in [-0.25, -0.2) is 14.4 Å². The van der Waals surface area contributed by atoms with E-state index < -0.39 is 17.9 Å². The van der Waals surface area contributed by atoms with Gasteiger partial charge in [-0.15, -0.1) is 0 Å². The lowest BCUT2D eigenvalue weighted by atomic mass is 10.1. The molecule has 0 spiro atoms. The maximum atomic E-state index is 12.3. The molecule has 0 radical (unpaired) electrons. The van der Waals surface area contributed by atoms with E-state index in [2.05, 4.69) is 16.6 Å². The van der Waals surface area contributed by atoms with Crippen molar-refractivity contribution in [3.8, 4) is 0 Å². The average Bonchev–Trinajstić information content (AvgIpc) is 2.80. The normalized spacial score (nSPS) is 10.8. The Balaban J connectivity index is 1.90. The number of hydrogen-bond acceptors (Lipinski definition) is 9. The number of oxime groups is 1. The predicted octanol–water partition coefficient (Wildman–Crippen LogP) is 3.85. The molecule has 9 heteroatoms. The summed E-state index contributed by atoms with van der Waals surface area (Å²) < 4.78 is 9.78. The van der Waals surface area contributed by atoms with Crippen molar-refractivity contribution in [1.29, 1.82) is 0 Å². The Kier molecular flexibility index (Phi) is 9.37. The molecule has 166 valence electrons. The van der Waals surface area contributed by atoms with Crippen molar-refractivity contribution >= 4 is 41.2 Å². The summed E-state index contributed by atoms with van der Waals surface area (Å²) in [6.45, 7) is 5.85. The molecule has 0 aliphatic heterocycles. The number of ketones is 1. The molecule has 0 saturated heterocycles. The molecular weight excluding hydrogens is 434 g/mol. The monoisotopic (exact) mass is 455 g/mol. The molecule has 0 aliphatic carbocycles. The van der Waals surface area contributed by atoms with Crippen LogP contribution < -0.4 is 0 Å². The highest BCUT2D eigenvalue weighted by Gasteiger charge is 2.12. The molecule has 2 aromatic carbocycles. The summed E-state index contributed by atoms with van der Waals surface area (Å²) in [5.41, 5.74) is 0.856. The molecule has 0 aromatic heterocycles. The summed E-state index contributed by atoms with van der Waals surface area (Å²) in [5, 5.41) is 3.50. The highest BCUT2D eigenvalue weighted by Crippen LogP contribution is 2.28. The largest absolute Gasteiger partial charge is 0.459 e. The van der Waals surface area contributed by atoms with Gasteiger partial charge in [0, 0.05) is 28.4 Å². The van der Waals surface area contributed by atoms with Crippen LogP contribution >= 0.6 is 11.8 Å². The van der Waals surface area contributed by atoms with E-state index in [1.807, 2.05) is 0 Å². The van der Waals surface area contributed by atoms with Crippen LogP contribution in [-0.4, -0.2) is 42.6 Å². The number of nitrogens with zero attached hydrogens (tertiary/aromatic N) is 1. The van der Waals surface area contributed by atoms with Crippen molar-refractivity contribution < 1.29 is 33.5 Å². The number of carbonyl (C=O) groups is 4. The van der Waals surface area contributed by atoms with Gasteiger partial charge in [-0.3, -0.25) is 4.79 Å². The molecule has 0 amide bonds. The number of ether oxygens (including phenoxy) is 2. The summed E-state index contributed by atoms with van der Waals surface area (Å²) in [5.74, 6) is -2.04. The number of benzene rings is 2. The molecule has 2 rings (SSSR count). The first-order chi connectivity index (χ1) is 15.3. The molecule has 0 unspecified atom stereocenters. The summed E-state index contributed by atoms with van der Waals surface area (Å²) >= 11 is 1.45. The van der Waals surface area contributed by atoms with Gasteiger partial charge in [0.1, 0.15) is 18.9 Å². The Morgan fingerprint density at radius 3 is 1.94 bits per heavy atom. The van der Waals surface area contributed by atoms with Gasteiger partial charge < -0.3 is 14.3 Å². The molecular formula is C23H21NO7S. The number of rotatable bonds is 10. The number of hydrogen-bond donors (Lipinski definition) is 0. The molecule has 0 aliphatic rings. The van der Waals surface area contributed by atoms with Crippen molar-refractivity contribution in [1.82, 2.24) is 0 Å². The summed E-state index contributed by atoms with van der Waals surface area (Å²) in [6.07, 6.45) is 1.03. The highest BCUT2D eigenvalue weighted by molar-refractivity contribution is 7.99. The minimum absolute atomic E-state index is 0.0435. The fourth-order valence-electron chi connectivity index (χ4n) is 2.27. The summed E-state index contributed by atoms with van der Waals surface area (Å²) in [7, 11) is 0. The van der Waals surface area contributed by atoms with Crippen LogP contribution in [0.4, 0.5) is 0 Å². The first-order valence-corrected chi connectivity index (χ1v) is 10.2. The van der Waals surface area contributed by atoms with Gasteiger partial charge in [-0.05, 0) is 55.5 Å². The Bertz CT molecular complexity index is 1030. The lowest BCUT2D eigenvalue weighted by Crippen LogP contribution is -2.12. The lowest BCUT2D eigenvalue weighted by molar-refractivity contribution is -0.141. The van der Waals surface area contributed by atoms with E-state index in [0.717, 1.165) is 15.9 Å². The second kappa shape index (κ2) is 12.2. The molecule has 0 heterocycles. The van der Waals surface area contributed by atoms with Gasteiger partial charge in [0.05, 0.1) is 5.56 Å². The van der Waals surface area contributed by atoms with Gasteiger partial charge in [-0.2, -0.15) is 0 Å². The molecule has 0 atom stereocenters. The minimum Gasteiger partial charge on any atom is -0.459 e. The molecule has 0 saturated carbocycles. The molecule has 0 fully saturated rings. The van der Waals surface area contributed by atoms with Gasteiger partial charge in [-0.1, -0.05) is 23.5 Å². The van der Waals surface area contributed by atoms with Crippen molar-refractivity contribution in [2.75, 3.05) is 13.2 Å². The fourth-order valence-corrected chi connectivity index (χ4v) is 3.09. The number of Topliss-reactive ketones (excluding diaryl/α,β-unsaturated/α-hetero) is 1. The first-order valence-electron chi connectivity index (χ1n) is 9.41. The molecule has 2 aromatic rings. The standard InChI is InChI=1S/C23H21NO7S/c1-4-21(26)29-13-14-30-23(28)18-7-11-20(12-8-18)32-19-9-5-17(6-10-19)22(27)15(2)24-31-16(3)25/h4-12H,1,13-14H2,2-3H3/b24-15+. The van der Waals surface area contributed by atoms with E-state index in [9.17, 15) is 19.2 Å². The van der Waals surface area contributed by atoms with Gasteiger partial charge >= 0.3 is 17.9 Å². The minimum atomic E-state index is -0.600. The quantitative estimate of drug-likeness (QED) is 0.101. The second-order valence-corrected chi connectivity index (χ2v) is 7.39. The van der Waals surface area contributed by atoms with Gasteiger partial charge in [0.25, 0.3) is 0 Å². The van der Waals surface area contributed by atoms with Crippen LogP contribution in [0.15, 0.2) is 76.1 Å². The molecule has 8 nitrogen and oxygen atoms in total. The van der Waals surface area contributed by atoms with Crippen LogP contribution in [0, 0.1) is 0 Å². The third kappa shape index (κ3) is 7.84. The summed E-state index contributed by atoms with van der Waals surface area (Å²) in [6, 6.07) is 13.7. The third-order valence-electron chi connectivity index (χ3n) is 3.81. The van der Waals surface area contributed by atoms with Crippen LogP contribution in [0.2, 0.25) is 0 Å². The Morgan fingerprint density at radius 2 is 1.41 bits per heavy atom.